The molecule has 0 radical (unpaired) electrons. The van der Waals surface area contributed by atoms with Gasteiger partial charge in [-0.05, 0) is 32.3 Å². The zero-order chi connectivity index (χ0) is 10.3. The van der Waals surface area contributed by atoms with Crippen LogP contribution in [-0.4, -0.2) is 17.1 Å². The van der Waals surface area contributed by atoms with Gasteiger partial charge in [-0.3, -0.25) is 0 Å². The molecule has 0 atom stereocenters. The Bertz CT molecular complexity index is 372. The second-order valence-corrected chi connectivity index (χ2v) is 3.93. The monoisotopic (exact) mass is 193 g/mol. The average molecular weight is 193 g/mol. The van der Waals surface area contributed by atoms with Gasteiger partial charge in [0.05, 0.1) is 18.3 Å². The third kappa shape index (κ3) is 1.35. The maximum Gasteiger partial charge on any atom is 0.316 e. The Morgan fingerprint density at radius 1 is 1.29 bits per heavy atom. The summed E-state index contributed by atoms with van der Waals surface area (Å²) in [6.45, 7) is 3.96. The predicted octanol–water partition coefficient (Wildman–Crippen LogP) is 1.05. The molecule has 1 aliphatic rings. The zero-order valence-electron chi connectivity index (χ0n) is 8.79. The number of aromatic nitrogens is 2. The van der Waals surface area contributed by atoms with Crippen molar-refractivity contribution in [3.8, 4) is 6.01 Å². The molecule has 2 rings (SSSR count). The van der Waals surface area contributed by atoms with E-state index in [2.05, 4.69) is 9.97 Å². The van der Waals surface area contributed by atoms with Gasteiger partial charge in [0.15, 0.2) is 0 Å². The zero-order valence-corrected chi connectivity index (χ0v) is 8.79. The number of ether oxygens (including phenoxy) is 1. The largest absolute Gasteiger partial charge is 0.467 e. The van der Waals surface area contributed by atoms with Crippen LogP contribution in [0.15, 0.2) is 0 Å². The number of aryl methyl sites for hydroxylation is 1. The van der Waals surface area contributed by atoms with Crippen molar-refractivity contribution in [2.75, 3.05) is 7.11 Å². The molecule has 0 saturated heterocycles. The molecule has 0 amide bonds. The van der Waals surface area contributed by atoms with Gasteiger partial charge in [-0.1, -0.05) is 0 Å². The van der Waals surface area contributed by atoms with Crippen LogP contribution >= 0.6 is 0 Å². The van der Waals surface area contributed by atoms with E-state index >= 15 is 0 Å². The lowest BCUT2D eigenvalue weighted by molar-refractivity contribution is 0.374. The highest BCUT2D eigenvalue weighted by Gasteiger charge is 2.43. The van der Waals surface area contributed by atoms with E-state index in [0.29, 0.717) is 6.01 Å². The maximum atomic E-state index is 6.12. The van der Waals surface area contributed by atoms with E-state index in [9.17, 15) is 0 Å². The summed E-state index contributed by atoms with van der Waals surface area (Å²) in [5, 5.41) is 0. The molecule has 0 spiro atoms. The van der Waals surface area contributed by atoms with Crippen molar-refractivity contribution in [3.05, 3.63) is 17.0 Å². The first-order chi connectivity index (χ1) is 6.57. The molecule has 2 N–H and O–H groups in total. The number of methoxy groups -OCH3 is 1. The highest BCUT2D eigenvalue weighted by atomic mass is 16.5. The highest BCUT2D eigenvalue weighted by Crippen LogP contribution is 2.43. The van der Waals surface area contributed by atoms with E-state index in [1.165, 1.54) is 0 Å². The van der Waals surface area contributed by atoms with E-state index in [4.69, 9.17) is 10.5 Å². The molecule has 0 aromatic carbocycles. The molecule has 1 aromatic heterocycles. The SMILES string of the molecule is COc1nc(C)c(C)c(C2(N)CC2)n1. The molecule has 1 heterocycles. The number of hydrogen-bond donors (Lipinski definition) is 1. The maximum absolute atomic E-state index is 6.12. The van der Waals surface area contributed by atoms with Crippen LogP contribution < -0.4 is 10.5 Å². The second kappa shape index (κ2) is 2.92. The minimum atomic E-state index is -0.217. The predicted molar refractivity (Wildman–Crippen MR) is 53.2 cm³/mol. The first-order valence-corrected chi connectivity index (χ1v) is 4.75. The van der Waals surface area contributed by atoms with Gasteiger partial charge < -0.3 is 10.5 Å². The minimum Gasteiger partial charge on any atom is -0.467 e. The third-order valence-electron chi connectivity index (χ3n) is 2.81. The molecule has 1 aromatic rings. The fraction of sp³-hybridized carbons (Fsp3) is 0.600. The summed E-state index contributed by atoms with van der Waals surface area (Å²) in [4.78, 5) is 8.53. The second-order valence-electron chi connectivity index (χ2n) is 3.93. The Morgan fingerprint density at radius 3 is 2.43 bits per heavy atom. The van der Waals surface area contributed by atoms with Gasteiger partial charge in [0, 0.05) is 5.69 Å². The first kappa shape index (κ1) is 9.40. The lowest BCUT2D eigenvalue weighted by atomic mass is 10.1. The molecule has 0 aliphatic heterocycles. The Kier molecular flexibility index (Phi) is 1.96. The Labute approximate surface area is 83.5 Å². The van der Waals surface area contributed by atoms with Crippen molar-refractivity contribution < 1.29 is 4.74 Å². The van der Waals surface area contributed by atoms with Crippen molar-refractivity contribution in [1.29, 1.82) is 0 Å². The molecule has 1 aliphatic carbocycles. The Hall–Kier alpha value is -1.16. The summed E-state index contributed by atoms with van der Waals surface area (Å²) >= 11 is 0. The molecule has 76 valence electrons. The summed E-state index contributed by atoms with van der Waals surface area (Å²) in [6.07, 6.45) is 2.01. The van der Waals surface area contributed by atoms with Crippen LogP contribution in [0, 0.1) is 13.8 Å². The van der Waals surface area contributed by atoms with Crippen molar-refractivity contribution in [3.63, 3.8) is 0 Å². The van der Waals surface area contributed by atoms with Gasteiger partial charge in [0.25, 0.3) is 0 Å². The molecule has 0 bridgehead atoms. The number of nitrogens with two attached hydrogens (primary N) is 1. The number of rotatable bonds is 2. The van der Waals surface area contributed by atoms with Crippen LogP contribution in [0.3, 0.4) is 0 Å². The van der Waals surface area contributed by atoms with E-state index < -0.39 is 0 Å². The van der Waals surface area contributed by atoms with Crippen molar-refractivity contribution in [1.82, 2.24) is 9.97 Å². The molecule has 4 nitrogen and oxygen atoms in total. The smallest absolute Gasteiger partial charge is 0.316 e. The molecular weight excluding hydrogens is 178 g/mol. The van der Waals surface area contributed by atoms with Crippen LogP contribution in [0.4, 0.5) is 0 Å². The third-order valence-corrected chi connectivity index (χ3v) is 2.81. The molecule has 1 fully saturated rings. The summed E-state index contributed by atoms with van der Waals surface area (Å²) in [7, 11) is 1.57. The molecule has 0 unspecified atom stereocenters. The average Bonchev–Trinajstić information content (AvgIpc) is 2.89. The minimum absolute atomic E-state index is 0.217. The van der Waals surface area contributed by atoms with Crippen molar-refractivity contribution in [2.45, 2.75) is 32.2 Å². The van der Waals surface area contributed by atoms with Crippen LogP contribution in [0.5, 0.6) is 6.01 Å². The summed E-state index contributed by atoms with van der Waals surface area (Å²) in [5.41, 5.74) is 8.88. The standard InChI is InChI=1S/C10H15N3O/c1-6-7(2)12-9(14-3)13-8(6)10(11)4-5-10/h4-5,11H2,1-3H3. The number of nitrogens with zero attached hydrogens (tertiary/aromatic N) is 2. The summed E-state index contributed by atoms with van der Waals surface area (Å²) < 4.78 is 5.04. The van der Waals surface area contributed by atoms with E-state index in [1.54, 1.807) is 7.11 Å². The summed E-state index contributed by atoms with van der Waals surface area (Å²) in [5.74, 6) is 0. The van der Waals surface area contributed by atoms with Crippen molar-refractivity contribution >= 4 is 0 Å². The van der Waals surface area contributed by atoms with Crippen LogP contribution in [0.1, 0.15) is 29.8 Å². The van der Waals surface area contributed by atoms with Crippen LogP contribution in [-0.2, 0) is 5.54 Å². The van der Waals surface area contributed by atoms with Gasteiger partial charge in [0.1, 0.15) is 0 Å². The fourth-order valence-corrected chi connectivity index (χ4v) is 1.55. The molecule has 1 saturated carbocycles. The molecule has 4 heteroatoms. The lowest BCUT2D eigenvalue weighted by Gasteiger charge is -2.13. The van der Waals surface area contributed by atoms with E-state index in [1.807, 2.05) is 13.8 Å². The van der Waals surface area contributed by atoms with Gasteiger partial charge in [-0.2, -0.15) is 4.98 Å². The molecule has 14 heavy (non-hydrogen) atoms. The van der Waals surface area contributed by atoms with E-state index in [0.717, 1.165) is 29.8 Å². The van der Waals surface area contributed by atoms with E-state index in [-0.39, 0.29) is 5.54 Å². The Morgan fingerprint density at radius 2 is 1.93 bits per heavy atom. The van der Waals surface area contributed by atoms with Gasteiger partial charge in [-0.25, -0.2) is 4.98 Å². The van der Waals surface area contributed by atoms with Crippen molar-refractivity contribution in [2.24, 2.45) is 5.73 Å². The quantitative estimate of drug-likeness (QED) is 0.762. The molecular formula is C10H15N3O. The van der Waals surface area contributed by atoms with Crippen LogP contribution in [0.25, 0.3) is 0 Å². The highest BCUT2D eigenvalue weighted by molar-refractivity contribution is 5.34. The fourth-order valence-electron chi connectivity index (χ4n) is 1.55. The van der Waals surface area contributed by atoms with Gasteiger partial charge in [-0.15, -0.1) is 0 Å². The lowest BCUT2D eigenvalue weighted by Crippen LogP contribution is -2.23. The Balaban J connectivity index is 2.52. The first-order valence-electron chi connectivity index (χ1n) is 4.75. The van der Waals surface area contributed by atoms with Gasteiger partial charge >= 0.3 is 6.01 Å². The van der Waals surface area contributed by atoms with Gasteiger partial charge in [0.2, 0.25) is 0 Å². The summed E-state index contributed by atoms with van der Waals surface area (Å²) in [6, 6.07) is 0.417. The topological polar surface area (TPSA) is 61.0 Å². The number of hydrogen-bond acceptors (Lipinski definition) is 4. The van der Waals surface area contributed by atoms with Crippen LogP contribution in [0.2, 0.25) is 0 Å². The normalized spacial score (nSPS) is 18.0.